The Kier molecular flexibility index (Phi) is 3.48. The maximum atomic E-state index is 10.4. The minimum Gasteiger partial charge on any atom is -0.258 e. The van der Waals surface area contributed by atoms with Crippen molar-refractivity contribution >= 4 is 52.1 Å². The Bertz CT molecular complexity index is 374. The first-order chi connectivity index (χ1) is 6.32. The maximum Gasteiger partial charge on any atom is 0.287 e. The molecule has 0 N–H and O–H groups in total. The summed E-state index contributed by atoms with van der Waals surface area (Å²) in [5, 5.41) is 10.3. The van der Waals surface area contributed by atoms with Crippen LogP contribution in [0.1, 0.15) is 5.56 Å². The van der Waals surface area contributed by atoms with Gasteiger partial charge in [0.15, 0.2) is 0 Å². The van der Waals surface area contributed by atoms with Crippen molar-refractivity contribution in [3.8, 4) is 0 Å². The normalized spacial score (nSPS) is 11.4. The van der Waals surface area contributed by atoms with Gasteiger partial charge in [0.1, 0.15) is 5.02 Å². The molecule has 14 heavy (non-hydrogen) atoms. The van der Waals surface area contributed by atoms with Crippen LogP contribution in [0.2, 0.25) is 5.02 Å². The van der Waals surface area contributed by atoms with Crippen molar-refractivity contribution in [3.63, 3.8) is 0 Å². The molecule has 0 radical (unpaired) electrons. The van der Waals surface area contributed by atoms with Crippen LogP contribution >= 0.6 is 46.4 Å². The predicted octanol–water partition coefficient (Wildman–Crippen LogP) is 4.07. The summed E-state index contributed by atoms with van der Waals surface area (Å²) in [6.45, 7) is 0. The first-order valence-electron chi connectivity index (χ1n) is 3.33. The average Bonchev–Trinajstić information content (AvgIpc) is 2.01. The Hall–Kier alpha value is -0.220. The van der Waals surface area contributed by atoms with Gasteiger partial charge in [-0.25, -0.2) is 0 Å². The highest BCUT2D eigenvalue weighted by Crippen LogP contribution is 2.40. The predicted molar refractivity (Wildman–Crippen MR) is 57.3 cm³/mol. The van der Waals surface area contributed by atoms with Crippen molar-refractivity contribution in [1.82, 2.24) is 0 Å². The first-order valence-corrected chi connectivity index (χ1v) is 4.84. The highest BCUT2D eigenvalue weighted by Gasteiger charge is 2.25. The van der Waals surface area contributed by atoms with E-state index in [1.54, 1.807) is 0 Å². The van der Waals surface area contributed by atoms with Crippen molar-refractivity contribution in [3.05, 3.63) is 38.9 Å². The highest BCUT2D eigenvalue weighted by atomic mass is 35.6. The lowest BCUT2D eigenvalue weighted by Crippen LogP contribution is -2.00. The van der Waals surface area contributed by atoms with E-state index < -0.39 is 8.72 Å². The Morgan fingerprint density at radius 1 is 1.29 bits per heavy atom. The lowest BCUT2D eigenvalue weighted by atomic mass is 10.2. The van der Waals surface area contributed by atoms with Crippen LogP contribution in [0.15, 0.2) is 18.2 Å². The number of hydrogen-bond acceptors (Lipinski definition) is 2. The molecule has 0 atom stereocenters. The average molecular weight is 275 g/mol. The molecule has 76 valence electrons. The van der Waals surface area contributed by atoms with Gasteiger partial charge in [0.2, 0.25) is 3.79 Å². The van der Waals surface area contributed by atoms with Crippen LogP contribution in [-0.2, 0) is 3.79 Å². The fourth-order valence-corrected chi connectivity index (χ4v) is 1.43. The van der Waals surface area contributed by atoms with Crippen LogP contribution < -0.4 is 0 Å². The monoisotopic (exact) mass is 273 g/mol. The van der Waals surface area contributed by atoms with Crippen LogP contribution in [0, 0.1) is 10.1 Å². The highest BCUT2D eigenvalue weighted by molar-refractivity contribution is 6.66. The second kappa shape index (κ2) is 4.11. The van der Waals surface area contributed by atoms with Gasteiger partial charge in [-0.3, -0.25) is 10.1 Å². The third kappa shape index (κ3) is 2.64. The standard InChI is InChI=1S/C7H3Cl4NO2/c8-5-3-4(7(9,10)11)1-2-6(5)12(13)14/h1-3H. The van der Waals surface area contributed by atoms with Gasteiger partial charge in [0.25, 0.3) is 5.69 Å². The van der Waals surface area contributed by atoms with Gasteiger partial charge >= 0.3 is 0 Å². The third-order valence-electron chi connectivity index (χ3n) is 1.47. The van der Waals surface area contributed by atoms with Crippen LogP contribution in [0.4, 0.5) is 5.69 Å². The molecule has 0 aliphatic rings. The SMILES string of the molecule is O=[N+]([O-])c1ccc(C(Cl)(Cl)Cl)cc1Cl. The molecule has 0 saturated carbocycles. The largest absolute Gasteiger partial charge is 0.287 e. The van der Waals surface area contributed by atoms with E-state index in [4.69, 9.17) is 46.4 Å². The number of benzene rings is 1. The van der Waals surface area contributed by atoms with Crippen molar-refractivity contribution in [1.29, 1.82) is 0 Å². The summed E-state index contributed by atoms with van der Waals surface area (Å²) < 4.78 is -1.63. The summed E-state index contributed by atoms with van der Waals surface area (Å²) in [6, 6.07) is 3.79. The quantitative estimate of drug-likeness (QED) is 0.440. The molecule has 0 amide bonds. The molecule has 0 spiro atoms. The molecule has 0 bridgehead atoms. The lowest BCUT2D eigenvalue weighted by molar-refractivity contribution is -0.384. The second-order valence-corrected chi connectivity index (χ2v) is 5.11. The molecular weight excluding hydrogens is 272 g/mol. The van der Waals surface area contributed by atoms with Gasteiger partial charge in [-0.15, -0.1) is 0 Å². The van der Waals surface area contributed by atoms with E-state index in [-0.39, 0.29) is 16.3 Å². The molecule has 0 aromatic heterocycles. The molecule has 0 unspecified atom stereocenters. The minimum atomic E-state index is -1.63. The number of nitrogens with zero attached hydrogens (tertiary/aromatic N) is 1. The molecule has 1 aromatic carbocycles. The number of hydrogen-bond donors (Lipinski definition) is 0. The Morgan fingerprint density at radius 2 is 1.86 bits per heavy atom. The zero-order valence-corrected chi connectivity index (χ0v) is 9.53. The zero-order valence-electron chi connectivity index (χ0n) is 6.51. The summed E-state index contributed by atoms with van der Waals surface area (Å²) in [6.07, 6.45) is 0. The smallest absolute Gasteiger partial charge is 0.258 e. The number of rotatable bonds is 1. The van der Waals surface area contributed by atoms with Crippen LogP contribution in [0.5, 0.6) is 0 Å². The first kappa shape index (κ1) is 11.9. The number of nitro groups is 1. The van der Waals surface area contributed by atoms with Gasteiger partial charge in [-0.2, -0.15) is 0 Å². The molecule has 0 heterocycles. The molecule has 0 saturated heterocycles. The Balaban J connectivity index is 3.20. The van der Waals surface area contributed by atoms with Gasteiger partial charge in [0.05, 0.1) is 4.92 Å². The van der Waals surface area contributed by atoms with E-state index in [1.165, 1.54) is 18.2 Å². The Morgan fingerprint density at radius 3 is 2.21 bits per heavy atom. The lowest BCUT2D eigenvalue weighted by Gasteiger charge is -2.10. The number of halogens is 4. The van der Waals surface area contributed by atoms with E-state index >= 15 is 0 Å². The fourth-order valence-electron chi connectivity index (χ4n) is 0.831. The molecule has 1 aromatic rings. The van der Waals surface area contributed by atoms with Crippen molar-refractivity contribution < 1.29 is 4.92 Å². The molecule has 0 aliphatic heterocycles. The summed E-state index contributed by atoms with van der Waals surface area (Å²) >= 11 is 22.3. The van der Waals surface area contributed by atoms with Gasteiger partial charge < -0.3 is 0 Å². The van der Waals surface area contributed by atoms with E-state index in [0.717, 1.165) is 0 Å². The summed E-state index contributed by atoms with van der Waals surface area (Å²) in [5.41, 5.74) is 0.0720. The van der Waals surface area contributed by atoms with Crippen molar-refractivity contribution in [2.75, 3.05) is 0 Å². The number of alkyl halides is 3. The van der Waals surface area contributed by atoms with E-state index in [1.807, 2.05) is 0 Å². The van der Waals surface area contributed by atoms with Crippen molar-refractivity contribution in [2.24, 2.45) is 0 Å². The molecule has 0 fully saturated rings. The third-order valence-corrected chi connectivity index (χ3v) is 2.43. The van der Waals surface area contributed by atoms with Gasteiger partial charge in [-0.05, 0) is 12.1 Å². The summed E-state index contributed by atoms with van der Waals surface area (Å²) in [5.74, 6) is 0. The maximum absolute atomic E-state index is 10.4. The van der Waals surface area contributed by atoms with Crippen LogP contribution in [0.25, 0.3) is 0 Å². The van der Waals surface area contributed by atoms with Gasteiger partial charge in [0, 0.05) is 11.6 Å². The number of nitro benzene ring substituents is 1. The molecular formula is C7H3Cl4NO2. The topological polar surface area (TPSA) is 43.1 Å². The summed E-state index contributed by atoms with van der Waals surface area (Å²) in [7, 11) is 0. The van der Waals surface area contributed by atoms with Crippen LogP contribution in [0.3, 0.4) is 0 Å². The Labute approximate surface area is 99.7 Å². The molecule has 3 nitrogen and oxygen atoms in total. The van der Waals surface area contributed by atoms with Gasteiger partial charge in [-0.1, -0.05) is 46.4 Å². The molecule has 7 heteroatoms. The van der Waals surface area contributed by atoms with E-state index in [2.05, 4.69) is 0 Å². The van der Waals surface area contributed by atoms with Crippen LogP contribution in [-0.4, -0.2) is 4.92 Å². The zero-order chi connectivity index (χ0) is 10.9. The van der Waals surface area contributed by atoms with E-state index in [9.17, 15) is 10.1 Å². The molecule has 0 aliphatic carbocycles. The summed E-state index contributed by atoms with van der Waals surface area (Å²) in [4.78, 5) is 9.80. The molecule has 1 rings (SSSR count). The van der Waals surface area contributed by atoms with Crippen molar-refractivity contribution in [2.45, 2.75) is 3.79 Å². The fraction of sp³-hybridized carbons (Fsp3) is 0.143. The van der Waals surface area contributed by atoms with E-state index in [0.29, 0.717) is 0 Å². The minimum absolute atomic E-state index is 0.0566. The second-order valence-electron chi connectivity index (χ2n) is 2.42.